The number of nitrogens with one attached hydrogen (secondary N) is 1. The van der Waals surface area contributed by atoms with Gasteiger partial charge in [-0.25, -0.2) is 4.98 Å². The van der Waals surface area contributed by atoms with E-state index >= 15 is 0 Å². The third-order valence-corrected chi connectivity index (χ3v) is 3.91. The Morgan fingerprint density at radius 1 is 1.45 bits per heavy atom. The van der Waals surface area contributed by atoms with Gasteiger partial charge in [-0.3, -0.25) is 9.69 Å². The number of hydrogen-bond acceptors (Lipinski definition) is 6. The van der Waals surface area contributed by atoms with E-state index in [2.05, 4.69) is 25.3 Å². The lowest BCUT2D eigenvalue weighted by molar-refractivity contribution is 0.0899. The molecule has 1 aliphatic heterocycles. The van der Waals surface area contributed by atoms with E-state index in [0.29, 0.717) is 18.1 Å². The van der Waals surface area contributed by atoms with Crippen molar-refractivity contribution in [2.24, 2.45) is 7.05 Å². The molecule has 0 spiro atoms. The van der Waals surface area contributed by atoms with Gasteiger partial charge in [0.25, 0.3) is 5.91 Å². The Labute approximate surface area is 128 Å². The van der Waals surface area contributed by atoms with Gasteiger partial charge in [-0.2, -0.15) is 4.98 Å². The Hall–Kier alpha value is -2.22. The summed E-state index contributed by atoms with van der Waals surface area (Å²) >= 11 is 0. The summed E-state index contributed by atoms with van der Waals surface area (Å²) in [7, 11) is 1.82. The Kier molecular flexibility index (Phi) is 4.19. The molecule has 0 radical (unpaired) electrons. The molecule has 2 aromatic heterocycles. The fraction of sp³-hybridized carbons (Fsp3) is 0.571. The summed E-state index contributed by atoms with van der Waals surface area (Å²) < 4.78 is 6.70. The standard InChI is InChI=1S/C14H20N6O2/c1-10-16-13(18-22-10)8-20-5-3-11(4-6-20)17-14(21)12-7-15-9-19(12)2/h7,9,11H,3-6,8H2,1-2H3,(H,17,21). The molecule has 1 amide bonds. The molecule has 0 atom stereocenters. The zero-order valence-corrected chi connectivity index (χ0v) is 12.8. The van der Waals surface area contributed by atoms with Crippen LogP contribution in [0.1, 0.15) is 35.0 Å². The van der Waals surface area contributed by atoms with Gasteiger partial charge in [0.1, 0.15) is 5.69 Å². The van der Waals surface area contributed by atoms with Gasteiger partial charge in [-0.05, 0) is 12.8 Å². The second kappa shape index (κ2) is 6.27. The van der Waals surface area contributed by atoms with Crippen molar-refractivity contribution in [3.05, 3.63) is 29.9 Å². The fourth-order valence-corrected chi connectivity index (χ4v) is 2.68. The average molecular weight is 304 g/mol. The lowest BCUT2D eigenvalue weighted by atomic mass is 10.0. The second-order valence-electron chi connectivity index (χ2n) is 5.64. The molecule has 1 N–H and O–H groups in total. The zero-order chi connectivity index (χ0) is 15.5. The van der Waals surface area contributed by atoms with Crippen molar-refractivity contribution in [2.75, 3.05) is 13.1 Å². The predicted octanol–water partition coefficient (Wildman–Crippen LogP) is 0.506. The third kappa shape index (κ3) is 3.33. The molecule has 8 heteroatoms. The SMILES string of the molecule is Cc1nc(CN2CCC(NC(=O)c3cncn3C)CC2)no1. The number of nitrogens with zero attached hydrogens (tertiary/aromatic N) is 5. The number of hydrogen-bond donors (Lipinski definition) is 1. The summed E-state index contributed by atoms with van der Waals surface area (Å²) in [5.41, 5.74) is 0.588. The molecule has 1 fully saturated rings. The highest BCUT2D eigenvalue weighted by molar-refractivity contribution is 5.92. The molecular weight excluding hydrogens is 284 g/mol. The number of imidazole rings is 1. The number of likely N-dealkylation sites (tertiary alicyclic amines) is 1. The number of piperidine rings is 1. The van der Waals surface area contributed by atoms with Crippen LogP contribution in [0.4, 0.5) is 0 Å². The van der Waals surface area contributed by atoms with Crippen LogP contribution in [0.5, 0.6) is 0 Å². The van der Waals surface area contributed by atoms with Crippen molar-refractivity contribution in [3.63, 3.8) is 0 Å². The minimum absolute atomic E-state index is 0.0627. The van der Waals surface area contributed by atoms with Crippen molar-refractivity contribution < 1.29 is 9.32 Å². The lowest BCUT2D eigenvalue weighted by Crippen LogP contribution is -2.44. The van der Waals surface area contributed by atoms with Crippen LogP contribution in [-0.4, -0.2) is 49.6 Å². The van der Waals surface area contributed by atoms with Crippen LogP contribution in [0, 0.1) is 6.92 Å². The van der Waals surface area contributed by atoms with E-state index in [1.54, 1.807) is 24.0 Å². The third-order valence-electron chi connectivity index (χ3n) is 3.91. The summed E-state index contributed by atoms with van der Waals surface area (Å²) in [5, 5.41) is 6.99. The van der Waals surface area contributed by atoms with E-state index in [1.165, 1.54) is 0 Å². The summed E-state index contributed by atoms with van der Waals surface area (Å²) in [6.45, 7) is 4.30. The lowest BCUT2D eigenvalue weighted by Gasteiger charge is -2.31. The minimum atomic E-state index is -0.0627. The van der Waals surface area contributed by atoms with E-state index in [4.69, 9.17) is 4.52 Å². The molecule has 3 heterocycles. The summed E-state index contributed by atoms with van der Waals surface area (Å²) in [6, 6.07) is 0.200. The topological polar surface area (TPSA) is 89.1 Å². The van der Waals surface area contributed by atoms with Gasteiger partial charge in [0, 0.05) is 33.1 Å². The highest BCUT2D eigenvalue weighted by atomic mass is 16.5. The van der Waals surface area contributed by atoms with Crippen molar-refractivity contribution in [1.82, 2.24) is 29.9 Å². The zero-order valence-electron chi connectivity index (χ0n) is 12.8. The van der Waals surface area contributed by atoms with Gasteiger partial charge in [-0.1, -0.05) is 5.16 Å². The monoisotopic (exact) mass is 304 g/mol. The van der Waals surface area contributed by atoms with Gasteiger partial charge in [0.15, 0.2) is 5.82 Å². The van der Waals surface area contributed by atoms with Gasteiger partial charge < -0.3 is 14.4 Å². The number of aryl methyl sites for hydroxylation is 2. The quantitative estimate of drug-likeness (QED) is 0.885. The van der Waals surface area contributed by atoms with Gasteiger partial charge in [0.2, 0.25) is 5.89 Å². The molecule has 118 valence electrons. The Bertz CT molecular complexity index is 641. The van der Waals surface area contributed by atoms with Crippen molar-refractivity contribution in [2.45, 2.75) is 32.4 Å². The maximum atomic E-state index is 12.2. The number of aromatic nitrogens is 4. The van der Waals surface area contributed by atoms with Crippen LogP contribution < -0.4 is 5.32 Å². The van der Waals surface area contributed by atoms with Crippen molar-refractivity contribution in [1.29, 1.82) is 0 Å². The fourth-order valence-electron chi connectivity index (χ4n) is 2.68. The summed E-state index contributed by atoms with van der Waals surface area (Å²) in [6.07, 6.45) is 5.05. The highest BCUT2D eigenvalue weighted by Gasteiger charge is 2.23. The van der Waals surface area contributed by atoms with Crippen LogP contribution in [0.2, 0.25) is 0 Å². The number of carbonyl (C=O) groups excluding carboxylic acids is 1. The first kappa shape index (κ1) is 14.7. The van der Waals surface area contributed by atoms with Gasteiger partial charge in [0.05, 0.1) is 19.1 Å². The smallest absolute Gasteiger partial charge is 0.269 e. The van der Waals surface area contributed by atoms with Crippen molar-refractivity contribution >= 4 is 5.91 Å². The number of amides is 1. The molecule has 1 saturated heterocycles. The Morgan fingerprint density at radius 2 is 2.23 bits per heavy atom. The summed E-state index contributed by atoms with van der Waals surface area (Å²) in [4.78, 5) is 22.6. The molecule has 8 nitrogen and oxygen atoms in total. The summed E-state index contributed by atoms with van der Waals surface area (Å²) in [5.74, 6) is 1.25. The normalized spacial score (nSPS) is 16.8. The van der Waals surface area contributed by atoms with E-state index < -0.39 is 0 Å². The maximum absolute atomic E-state index is 12.2. The van der Waals surface area contributed by atoms with Crippen molar-refractivity contribution in [3.8, 4) is 0 Å². The van der Waals surface area contributed by atoms with Crippen LogP contribution in [0.3, 0.4) is 0 Å². The molecule has 2 aromatic rings. The van der Waals surface area contributed by atoms with Gasteiger partial charge in [-0.15, -0.1) is 0 Å². The highest BCUT2D eigenvalue weighted by Crippen LogP contribution is 2.13. The molecule has 0 saturated carbocycles. The minimum Gasteiger partial charge on any atom is -0.348 e. The molecule has 3 rings (SSSR count). The van der Waals surface area contributed by atoms with E-state index in [9.17, 15) is 4.79 Å². The first-order valence-electron chi connectivity index (χ1n) is 7.40. The van der Waals surface area contributed by atoms with Crippen LogP contribution in [-0.2, 0) is 13.6 Å². The molecule has 1 aliphatic rings. The molecule has 0 bridgehead atoms. The second-order valence-corrected chi connectivity index (χ2v) is 5.64. The first-order valence-corrected chi connectivity index (χ1v) is 7.40. The van der Waals surface area contributed by atoms with Crippen LogP contribution in [0.15, 0.2) is 17.0 Å². The predicted molar refractivity (Wildman–Crippen MR) is 78.0 cm³/mol. The number of carbonyl (C=O) groups is 1. The molecule has 0 aliphatic carbocycles. The largest absolute Gasteiger partial charge is 0.348 e. The molecule has 22 heavy (non-hydrogen) atoms. The van der Waals surface area contributed by atoms with E-state index in [0.717, 1.165) is 31.8 Å². The van der Waals surface area contributed by atoms with E-state index in [-0.39, 0.29) is 11.9 Å². The molecule has 0 aromatic carbocycles. The maximum Gasteiger partial charge on any atom is 0.269 e. The van der Waals surface area contributed by atoms with E-state index in [1.807, 2.05) is 7.05 Å². The molecular formula is C14H20N6O2. The number of rotatable bonds is 4. The van der Waals surface area contributed by atoms with Gasteiger partial charge >= 0.3 is 0 Å². The molecule has 0 unspecified atom stereocenters. The Morgan fingerprint density at radius 3 is 2.82 bits per heavy atom. The van der Waals surface area contributed by atoms with Crippen LogP contribution >= 0.6 is 0 Å². The average Bonchev–Trinajstić information content (AvgIpc) is 3.10. The Balaban J connectivity index is 1.47. The first-order chi connectivity index (χ1) is 10.6. The van der Waals surface area contributed by atoms with Crippen LogP contribution in [0.25, 0.3) is 0 Å².